The van der Waals surface area contributed by atoms with Gasteiger partial charge in [0.15, 0.2) is 5.78 Å². The zero-order valence-corrected chi connectivity index (χ0v) is 21.7. The van der Waals surface area contributed by atoms with Crippen LogP contribution in [0.2, 0.25) is 0 Å². The van der Waals surface area contributed by atoms with Crippen molar-refractivity contribution in [1.29, 1.82) is 0 Å². The molecule has 0 fully saturated rings. The van der Waals surface area contributed by atoms with Crippen LogP contribution in [-0.4, -0.2) is 50.7 Å². The number of fused-ring (bicyclic) bond motifs is 1. The molecule has 2 heterocycles. The van der Waals surface area contributed by atoms with Gasteiger partial charge in [0.05, 0.1) is 6.04 Å². The molecule has 0 saturated heterocycles. The van der Waals surface area contributed by atoms with Crippen molar-refractivity contribution >= 4 is 26.7 Å². The summed E-state index contributed by atoms with van der Waals surface area (Å²) in [6, 6.07) is 21.2. The largest absolute Gasteiger partial charge is 0.361 e. The maximum absolute atomic E-state index is 13.7. The fraction of sp³-hybridized carbons (Fsp3) is 0.185. The number of tetrazole rings is 1. The number of aromatic amines is 2. The number of ketones is 1. The van der Waals surface area contributed by atoms with Gasteiger partial charge in [-0.3, -0.25) is 4.79 Å². The summed E-state index contributed by atoms with van der Waals surface area (Å²) in [5.41, 5.74) is 10.5. The maximum Gasteiger partial charge on any atom is 0.230 e. The Balaban J connectivity index is 1.48. The summed E-state index contributed by atoms with van der Waals surface area (Å²) in [7, 11) is -4.01. The average Bonchev–Trinajstić information content (AvgIpc) is 3.58. The minimum absolute atomic E-state index is 0.153. The van der Waals surface area contributed by atoms with Crippen molar-refractivity contribution in [2.24, 2.45) is 5.73 Å². The standard InChI is InChI=1S/C27H27N7O3S/c1-27(2,28)38(36,37)32-24(15-19-16-29-23-10-6-5-8-21(19)23)25(35)18-13-11-17(12-14-18)20-7-3-4-9-22(20)26-30-33-34-31-26/h3-14,16,24,29,32H,15,28H2,1-2H3,(H,30,31,33,34). The van der Waals surface area contributed by atoms with Gasteiger partial charge >= 0.3 is 0 Å². The SMILES string of the molecule is CC(C)(N)S(=O)(=O)NC(Cc1c[nH]c2ccccc12)C(=O)c1ccc(-c2ccccc2-c2nn[nH]n2)cc1. The Morgan fingerprint density at radius 2 is 1.68 bits per heavy atom. The van der Waals surface area contributed by atoms with Crippen LogP contribution in [0.25, 0.3) is 33.4 Å². The third-order valence-electron chi connectivity index (χ3n) is 6.40. The molecule has 0 spiro atoms. The summed E-state index contributed by atoms with van der Waals surface area (Å²) in [5.74, 6) is 0.0967. The Labute approximate surface area is 219 Å². The van der Waals surface area contributed by atoms with E-state index in [0.29, 0.717) is 11.4 Å². The van der Waals surface area contributed by atoms with Gasteiger partial charge in [-0.25, -0.2) is 13.1 Å². The number of nitrogens with zero attached hydrogens (tertiary/aromatic N) is 3. The first-order chi connectivity index (χ1) is 18.1. The zero-order valence-electron chi connectivity index (χ0n) is 20.8. The predicted octanol–water partition coefficient (Wildman–Crippen LogP) is 3.42. The second-order valence-electron chi connectivity index (χ2n) is 9.56. The third-order valence-corrected chi connectivity index (χ3v) is 8.38. The highest BCUT2D eigenvalue weighted by molar-refractivity contribution is 7.90. The van der Waals surface area contributed by atoms with Gasteiger partial charge in [-0.15, -0.1) is 10.2 Å². The summed E-state index contributed by atoms with van der Waals surface area (Å²) >= 11 is 0. The molecular formula is C27H27N7O3S. The zero-order chi connectivity index (χ0) is 26.9. The fourth-order valence-electron chi connectivity index (χ4n) is 4.27. The van der Waals surface area contributed by atoms with E-state index in [2.05, 4.69) is 30.3 Å². The molecule has 0 radical (unpaired) electrons. The van der Waals surface area contributed by atoms with Gasteiger partial charge in [0.1, 0.15) is 4.87 Å². The van der Waals surface area contributed by atoms with E-state index in [0.717, 1.165) is 33.2 Å². The average molecular weight is 530 g/mol. The van der Waals surface area contributed by atoms with E-state index in [1.165, 1.54) is 13.8 Å². The van der Waals surface area contributed by atoms with E-state index in [9.17, 15) is 13.2 Å². The summed E-state index contributed by atoms with van der Waals surface area (Å²) < 4.78 is 28.5. The first kappa shape index (κ1) is 25.5. The molecule has 0 bridgehead atoms. The first-order valence-corrected chi connectivity index (χ1v) is 13.5. The van der Waals surface area contributed by atoms with Crippen LogP contribution in [0, 0.1) is 0 Å². The number of carbonyl (C=O) groups is 1. The van der Waals surface area contributed by atoms with Gasteiger partial charge in [-0.1, -0.05) is 66.7 Å². The highest BCUT2D eigenvalue weighted by Crippen LogP contribution is 2.30. The van der Waals surface area contributed by atoms with Crippen molar-refractivity contribution in [3.63, 3.8) is 0 Å². The van der Waals surface area contributed by atoms with Crippen LogP contribution in [-0.2, 0) is 16.4 Å². The number of benzene rings is 3. The monoisotopic (exact) mass is 529 g/mol. The maximum atomic E-state index is 13.7. The molecule has 1 unspecified atom stereocenters. The van der Waals surface area contributed by atoms with Crippen molar-refractivity contribution in [3.8, 4) is 22.5 Å². The quantitative estimate of drug-likeness (QED) is 0.213. The number of sulfonamides is 1. The predicted molar refractivity (Wildman–Crippen MR) is 145 cm³/mol. The lowest BCUT2D eigenvalue weighted by atomic mass is 9.94. The Morgan fingerprint density at radius 1 is 1.00 bits per heavy atom. The molecule has 1 atom stereocenters. The summed E-state index contributed by atoms with van der Waals surface area (Å²) in [5, 5.41) is 15.2. The lowest BCUT2D eigenvalue weighted by Gasteiger charge is -2.24. The van der Waals surface area contributed by atoms with Crippen molar-refractivity contribution in [1.82, 2.24) is 30.3 Å². The number of nitrogens with one attached hydrogen (secondary N) is 3. The first-order valence-electron chi connectivity index (χ1n) is 12.0. The van der Waals surface area contributed by atoms with Crippen LogP contribution in [0.5, 0.6) is 0 Å². The Bertz CT molecular complexity index is 1690. The number of hydrogen-bond donors (Lipinski definition) is 4. The Morgan fingerprint density at radius 3 is 2.37 bits per heavy atom. The van der Waals surface area contributed by atoms with Crippen LogP contribution in [0.1, 0.15) is 29.8 Å². The molecule has 10 nitrogen and oxygen atoms in total. The number of aromatic nitrogens is 5. The van der Waals surface area contributed by atoms with Crippen LogP contribution < -0.4 is 10.5 Å². The smallest absolute Gasteiger partial charge is 0.230 e. The van der Waals surface area contributed by atoms with Crippen LogP contribution in [0.4, 0.5) is 0 Å². The second kappa shape index (κ2) is 9.93. The minimum atomic E-state index is -4.01. The molecule has 0 aliphatic carbocycles. The number of nitrogens with two attached hydrogens (primary N) is 1. The topological polar surface area (TPSA) is 160 Å². The van der Waals surface area contributed by atoms with Gasteiger partial charge in [-0.05, 0) is 48.2 Å². The van der Waals surface area contributed by atoms with E-state index < -0.39 is 20.9 Å². The molecule has 5 rings (SSSR count). The number of Topliss-reactive ketones (excluding diaryl/α,β-unsaturated/α-hetero) is 1. The molecule has 194 valence electrons. The van der Waals surface area contributed by atoms with Gasteiger partial charge in [0.25, 0.3) is 0 Å². The number of para-hydroxylation sites is 1. The number of carbonyl (C=O) groups excluding carboxylic acids is 1. The van der Waals surface area contributed by atoms with E-state index in [1.54, 1.807) is 18.3 Å². The molecule has 0 amide bonds. The Hall–Kier alpha value is -4.19. The number of H-pyrrole nitrogens is 2. The van der Waals surface area contributed by atoms with Gasteiger partial charge in [-0.2, -0.15) is 5.21 Å². The Kier molecular flexibility index (Phi) is 6.66. The van der Waals surface area contributed by atoms with Crippen LogP contribution in [0.3, 0.4) is 0 Å². The molecule has 5 N–H and O–H groups in total. The third kappa shape index (κ3) is 4.99. The normalized spacial score (nSPS) is 13.0. The molecular weight excluding hydrogens is 502 g/mol. The fourth-order valence-corrected chi connectivity index (χ4v) is 5.14. The minimum Gasteiger partial charge on any atom is -0.361 e. The molecule has 0 aliphatic rings. The van der Waals surface area contributed by atoms with Crippen molar-refractivity contribution in [3.05, 3.63) is 90.1 Å². The van der Waals surface area contributed by atoms with E-state index in [1.807, 2.05) is 60.7 Å². The highest BCUT2D eigenvalue weighted by atomic mass is 32.2. The lowest BCUT2D eigenvalue weighted by molar-refractivity contribution is 0.0953. The van der Waals surface area contributed by atoms with Crippen molar-refractivity contribution < 1.29 is 13.2 Å². The van der Waals surface area contributed by atoms with Gasteiger partial charge in [0, 0.05) is 28.2 Å². The molecule has 0 aliphatic heterocycles. The summed E-state index contributed by atoms with van der Waals surface area (Å²) in [6.45, 7) is 2.77. The van der Waals surface area contributed by atoms with Crippen molar-refractivity contribution in [2.45, 2.75) is 31.2 Å². The van der Waals surface area contributed by atoms with Gasteiger partial charge < -0.3 is 10.7 Å². The molecule has 2 aromatic heterocycles. The second-order valence-corrected chi connectivity index (χ2v) is 11.9. The number of rotatable bonds is 9. The molecule has 3 aromatic carbocycles. The molecule has 38 heavy (non-hydrogen) atoms. The van der Waals surface area contributed by atoms with E-state index in [-0.39, 0.29) is 12.2 Å². The van der Waals surface area contributed by atoms with E-state index >= 15 is 0 Å². The highest BCUT2D eigenvalue weighted by Gasteiger charge is 2.35. The summed E-state index contributed by atoms with van der Waals surface area (Å²) in [4.78, 5) is 15.3. The molecule has 11 heteroatoms. The van der Waals surface area contributed by atoms with Crippen LogP contribution in [0.15, 0.2) is 79.0 Å². The molecule has 5 aromatic rings. The van der Waals surface area contributed by atoms with Crippen LogP contribution >= 0.6 is 0 Å². The number of hydrogen-bond acceptors (Lipinski definition) is 7. The van der Waals surface area contributed by atoms with E-state index in [4.69, 9.17) is 5.73 Å². The van der Waals surface area contributed by atoms with Crippen molar-refractivity contribution in [2.75, 3.05) is 0 Å². The van der Waals surface area contributed by atoms with Gasteiger partial charge in [0.2, 0.25) is 15.8 Å². The lowest BCUT2D eigenvalue weighted by Crippen LogP contribution is -2.54. The molecule has 0 saturated carbocycles. The summed E-state index contributed by atoms with van der Waals surface area (Å²) in [6.07, 6.45) is 1.95.